The third-order valence-electron chi connectivity index (χ3n) is 5.52. The van der Waals surface area contributed by atoms with Gasteiger partial charge in [0.1, 0.15) is 17.7 Å². The minimum Gasteiger partial charge on any atom is -0.486 e. The lowest BCUT2D eigenvalue weighted by molar-refractivity contribution is -0.179. The van der Waals surface area contributed by atoms with Gasteiger partial charge in [0, 0.05) is 12.1 Å². The number of carbonyl (C=O) groups is 1. The number of ether oxygens (including phenoxy) is 1. The van der Waals surface area contributed by atoms with Gasteiger partial charge in [0.25, 0.3) is 0 Å². The summed E-state index contributed by atoms with van der Waals surface area (Å²) >= 11 is 0. The highest BCUT2D eigenvalue weighted by molar-refractivity contribution is 5.98. The molecule has 1 heterocycles. The van der Waals surface area contributed by atoms with Crippen molar-refractivity contribution in [3.05, 3.63) is 29.3 Å². The van der Waals surface area contributed by atoms with Crippen molar-refractivity contribution in [1.82, 2.24) is 0 Å². The van der Waals surface area contributed by atoms with E-state index >= 15 is 0 Å². The number of nitrogens with two attached hydrogens (primary N) is 3. The summed E-state index contributed by atoms with van der Waals surface area (Å²) in [7, 11) is 0. The molecule has 1 fully saturated rings. The van der Waals surface area contributed by atoms with Gasteiger partial charge < -0.3 is 26.4 Å². The standard InChI is InChI=1S/C18H26N4O5.3C2H6/c1-17(27-21,16(23)24)14-5-3-10-6-11(2-4-13(10)26-14)15(20)22-12-7-18(25,8-12)9-19;3*1-2/h2,4,6,12,14,25H,3,5,7-9,19,21H2,1H3,(H2,20,22)(H,23,24);3*1-2H3/t12?,14?,17-,18?;;;/m0.../s1. The first-order valence-corrected chi connectivity index (χ1v) is 11.9. The molecule has 2 atom stereocenters. The van der Waals surface area contributed by atoms with Gasteiger partial charge in [0.2, 0.25) is 5.60 Å². The Hall–Kier alpha value is -2.20. The van der Waals surface area contributed by atoms with Crippen LogP contribution in [0.1, 0.15) is 78.9 Å². The Balaban J connectivity index is 0.00000158. The second-order valence-electron chi connectivity index (χ2n) is 7.50. The summed E-state index contributed by atoms with van der Waals surface area (Å²) in [5, 5.41) is 19.3. The molecule has 0 amide bonds. The largest absolute Gasteiger partial charge is 0.486 e. The first-order chi connectivity index (χ1) is 15.7. The molecule has 1 aliphatic heterocycles. The highest BCUT2D eigenvalue weighted by atomic mass is 16.7. The number of hydrogen-bond acceptors (Lipinski definition) is 7. The van der Waals surface area contributed by atoms with Crippen LogP contribution in [0.15, 0.2) is 23.2 Å². The molecule has 3 rings (SSSR count). The van der Waals surface area contributed by atoms with Crippen LogP contribution in [0.3, 0.4) is 0 Å². The number of aliphatic imine (C=N–C) groups is 1. The van der Waals surface area contributed by atoms with Crippen molar-refractivity contribution in [2.75, 3.05) is 6.54 Å². The number of aliphatic carboxylic acids is 1. The van der Waals surface area contributed by atoms with E-state index in [4.69, 9.17) is 26.9 Å². The molecule has 33 heavy (non-hydrogen) atoms. The third kappa shape index (κ3) is 7.40. The normalized spacial score (nSPS) is 25.0. The average Bonchev–Trinajstić information content (AvgIpc) is 2.85. The summed E-state index contributed by atoms with van der Waals surface area (Å²) in [4.78, 5) is 20.6. The fourth-order valence-electron chi connectivity index (χ4n) is 3.55. The van der Waals surface area contributed by atoms with E-state index in [2.05, 4.69) is 4.99 Å². The van der Waals surface area contributed by atoms with Crippen LogP contribution < -0.4 is 22.1 Å². The van der Waals surface area contributed by atoms with Gasteiger partial charge in [-0.15, -0.1) is 0 Å². The third-order valence-corrected chi connectivity index (χ3v) is 5.52. The molecular weight excluding hydrogens is 424 g/mol. The predicted octanol–water partition coefficient (Wildman–Crippen LogP) is 2.75. The summed E-state index contributed by atoms with van der Waals surface area (Å²) in [6.07, 6.45) is 1.36. The van der Waals surface area contributed by atoms with Crippen LogP contribution in [-0.4, -0.2) is 51.9 Å². The molecule has 1 saturated carbocycles. The van der Waals surface area contributed by atoms with Crippen molar-refractivity contribution in [3.8, 4) is 5.75 Å². The predicted molar refractivity (Wildman–Crippen MR) is 132 cm³/mol. The Kier molecular flexibility index (Phi) is 13.2. The SMILES string of the molecule is CC.CC.CC.C[C@@](ON)(C(=O)O)C1CCc2cc(C(N)=NC3CC(O)(CN)C3)ccc2O1. The van der Waals surface area contributed by atoms with E-state index in [-0.39, 0.29) is 12.6 Å². The maximum Gasteiger partial charge on any atom is 0.341 e. The van der Waals surface area contributed by atoms with Gasteiger partial charge in [0.05, 0.1) is 11.6 Å². The quantitative estimate of drug-likeness (QED) is 0.241. The number of fused-ring (bicyclic) bond motifs is 1. The molecule has 2 aliphatic rings. The number of nitrogens with zero attached hydrogens (tertiary/aromatic N) is 1. The number of rotatable bonds is 6. The molecule has 1 unspecified atom stereocenters. The highest BCUT2D eigenvalue weighted by Gasteiger charge is 2.46. The molecule has 9 heteroatoms. The van der Waals surface area contributed by atoms with Crippen LogP contribution in [0.2, 0.25) is 0 Å². The van der Waals surface area contributed by atoms with E-state index in [1.54, 1.807) is 12.1 Å². The first kappa shape index (κ1) is 30.8. The smallest absolute Gasteiger partial charge is 0.341 e. The number of aryl methyl sites for hydroxylation is 1. The molecule has 9 nitrogen and oxygen atoms in total. The molecule has 1 aromatic rings. The van der Waals surface area contributed by atoms with Gasteiger partial charge in [-0.25, -0.2) is 10.7 Å². The molecule has 0 saturated heterocycles. The lowest BCUT2D eigenvalue weighted by atomic mass is 9.76. The molecule has 190 valence electrons. The number of amidine groups is 1. The van der Waals surface area contributed by atoms with Crippen molar-refractivity contribution < 1.29 is 24.6 Å². The van der Waals surface area contributed by atoms with Crippen LogP contribution in [-0.2, 0) is 16.1 Å². The van der Waals surface area contributed by atoms with E-state index < -0.39 is 23.3 Å². The summed E-state index contributed by atoms with van der Waals surface area (Å²) in [6.45, 7) is 13.6. The Morgan fingerprint density at radius 2 is 1.82 bits per heavy atom. The maximum atomic E-state index is 11.5. The van der Waals surface area contributed by atoms with E-state index in [1.807, 2.05) is 47.6 Å². The zero-order chi connectivity index (χ0) is 25.8. The maximum absolute atomic E-state index is 11.5. The minimum absolute atomic E-state index is 0.0341. The second-order valence-corrected chi connectivity index (χ2v) is 7.50. The van der Waals surface area contributed by atoms with Gasteiger partial charge in [-0.05, 0) is 56.4 Å². The molecule has 1 aliphatic carbocycles. The molecule has 1 aromatic carbocycles. The summed E-state index contributed by atoms with van der Waals surface area (Å²) in [5.41, 5.74) is 10.9. The zero-order valence-electron chi connectivity index (χ0n) is 21.2. The summed E-state index contributed by atoms with van der Waals surface area (Å²) in [6, 6.07) is 5.37. The first-order valence-electron chi connectivity index (χ1n) is 11.9. The number of aliphatic hydroxyl groups is 1. The number of carboxylic acid groups (broad SMARTS) is 1. The van der Waals surface area contributed by atoms with Crippen molar-refractivity contribution in [1.29, 1.82) is 0 Å². The molecule has 0 spiro atoms. The monoisotopic (exact) mass is 468 g/mol. The van der Waals surface area contributed by atoms with Crippen molar-refractivity contribution >= 4 is 11.8 Å². The van der Waals surface area contributed by atoms with Crippen molar-refractivity contribution in [3.63, 3.8) is 0 Å². The Morgan fingerprint density at radius 3 is 2.30 bits per heavy atom. The fraction of sp³-hybridized carbons (Fsp3) is 0.667. The number of hydrogen-bond donors (Lipinski definition) is 5. The van der Waals surface area contributed by atoms with Crippen LogP contribution in [0.5, 0.6) is 5.75 Å². The Labute approximate surface area is 198 Å². The zero-order valence-corrected chi connectivity index (χ0v) is 21.2. The van der Waals surface area contributed by atoms with Crippen molar-refractivity contribution in [2.45, 2.75) is 97.5 Å². The highest BCUT2D eigenvalue weighted by Crippen LogP contribution is 2.35. The topological polar surface area (TPSA) is 166 Å². The van der Waals surface area contributed by atoms with E-state index in [0.29, 0.717) is 37.3 Å². The van der Waals surface area contributed by atoms with Crippen molar-refractivity contribution in [2.24, 2.45) is 22.4 Å². The summed E-state index contributed by atoms with van der Waals surface area (Å²) in [5.74, 6) is 4.99. The van der Waals surface area contributed by atoms with Crippen LogP contribution in [0, 0.1) is 0 Å². The summed E-state index contributed by atoms with van der Waals surface area (Å²) < 4.78 is 5.83. The van der Waals surface area contributed by atoms with Crippen LogP contribution in [0.25, 0.3) is 0 Å². The fourth-order valence-corrected chi connectivity index (χ4v) is 3.55. The second kappa shape index (κ2) is 14.1. The molecule has 8 N–H and O–H groups in total. The van der Waals surface area contributed by atoms with Gasteiger partial charge in [-0.2, -0.15) is 0 Å². The molecule has 0 radical (unpaired) electrons. The van der Waals surface area contributed by atoms with Gasteiger partial charge in [0.15, 0.2) is 0 Å². The van der Waals surface area contributed by atoms with E-state index in [1.165, 1.54) is 6.92 Å². The van der Waals surface area contributed by atoms with Crippen LogP contribution >= 0.6 is 0 Å². The number of carboxylic acids is 1. The molecule has 0 aromatic heterocycles. The Bertz CT molecular complexity index is 765. The average molecular weight is 469 g/mol. The van der Waals surface area contributed by atoms with Gasteiger partial charge >= 0.3 is 5.97 Å². The molecular formula is C24H44N4O5. The minimum atomic E-state index is -1.62. The van der Waals surface area contributed by atoms with E-state index in [0.717, 1.165) is 11.1 Å². The van der Waals surface area contributed by atoms with Gasteiger partial charge in [-0.1, -0.05) is 41.5 Å². The lowest BCUT2D eigenvalue weighted by Gasteiger charge is -2.40. The Morgan fingerprint density at radius 1 is 1.24 bits per heavy atom. The van der Waals surface area contributed by atoms with Gasteiger partial charge in [-0.3, -0.25) is 9.83 Å². The molecule has 0 bridgehead atoms. The lowest BCUT2D eigenvalue weighted by Crippen LogP contribution is -2.54. The van der Waals surface area contributed by atoms with Crippen LogP contribution in [0.4, 0.5) is 0 Å². The van der Waals surface area contributed by atoms with E-state index in [9.17, 15) is 15.0 Å². The number of benzene rings is 1.